The van der Waals surface area contributed by atoms with Crippen LogP contribution in [-0.4, -0.2) is 18.6 Å². The van der Waals surface area contributed by atoms with Gasteiger partial charge in [-0.05, 0) is 30.7 Å². The molecule has 1 fully saturated rings. The monoisotopic (exact) mass is 219 g/mol. The molecule has 0 radical (unpaired) electrons. The van der Waals surface area contributed by atoms with Crippen molar-refractivity contribution < 1.29 is 9.53 Å². The first kappa shape index (κ1) is 11.1. The van der Waals surface area contributed by atoms with Crippen LogP contribution in [0.3, 0.4) is 0 Å². The molecule has 0 heterocycles. The van der Waals surface area contributed by atoms with Crippen LogP contribution in [0.5, 0.6) is 0 Å². The fraction of sp³-hybridized carbons (Fsp3) is 0.462. The Morgan fingerprint density at radius 3 is 2.75 bits per heavy atom. The zero-order chi connectivity index (χ0) is 11.6. The summed E-state index contributed by atoms with van der Waals surface area (Å²) in [4.78, 5) is 11.6. The van der Waals surface area contributed by atoms with Gasteiger partial charge in [0, 0.05) is 0 Å². The van der Waals surface area contributed by atoms with E-state index in [0.29, 0.717) is 18.8 Å². The minimum atomic E-state index is -0.782. The average Bonchev–Trinajstić information content (AvgIpc) is 2.73. The van der Waals surface area contributed by atoms with Crippen LogP contribution in [0.25, 0.3) is 0 Å². The second-order valence-corrected chi connectivity index (χ2v) is 4.50. The van der Waals surface area contributed by atoms with Gasteiger partial charge in [0.05, 0.1) is 7.11 Å². The molecule has 0 aliphatic heterocycles. The summed E-state index contributed by atoms with van der Waals surface area (Å²) in [5.74, 6) is 0.0937. The Hall–Kier alpha value is -1.35. The first-order valence-corrected chi connectivity index (χ1v) is 5.58. The highest BCUT2D eigenvalue weighted by Crippen LogP contribution is 2.39. The Morgan fingerprint density at radius 2 is 2.12 bits per heavy atom. The van der Waals surface area contributed by atoms with E-state index in [2.05, 4.69) is 12.1 Å². The van der Waals surface area contributed by atoms with Crippen molar-refractivity contribution in [3.8, 4) is 0 Å². The lowest BCUT2D eigenvalue weighted by molar-refractivity contribution is -0.146. The first-order valence-electron chi connectivity index (χ1n) is 5.58. The molecule has 1 aliphatic rings. The summed E-state index contributed by atoms with van der Waals surface area (Å²) < 4.78 is 4.76. The van der Waals surface area contributed by atoms with Gasteiger partial charge in [0.2, 0.25) is 0 Å². The van der Waals surface area contributed by atoms with Gasteiger partial charge in [0.1, 0.15) is 5.54 Å². The number of benzene rings is 1. The highest BCUT2D eigenvalue weighted by atomic mass is 16.5. The molecule has 0 amide bonds. The van der Waals surface area contributed by atoms with E-state index in [9.17, 15) is 4.79 Å². The van der Waals surface area contributed by atoms with Gasteiger partial charge < -0.3 is 10.5 Å². The molecular formula is C13H17NO2. The molecule has 0 aromatic heterocycles. The molecule has 1 saturated carbocycles. The van der Waals surface area contributed by atoms with Gasteiger partial charge in [0.15, 0.2) is 0 Å². The summed E-state index contributed by atoms with van der Waals surface area (Å²) in [6.45, 7) is 0. The highest BCUT2D eigenvalue weighted by molar-refractivity contribution is 5.81. The van der Waals surface area contributed by atoms with Crippen molar-refractivity contribution in [1.29, 1.82) is 0 Å². The number of hydrogen-bond donors (Lipinski definition) is 1. The maximum absolute atomic E-state index is 11.6. The van der Waals surface area contributed by atoms with E-state index in [4.69, 9.17) is 10.5 Å². The standard InChI is InChI=1S/C13H17NO2/c1-16-12(15)13(14)8-7-11(9-13)10-5-3-2-4-6-10/h2-6,11H,7-9,14H2,1H3/t11-,13+/m0/s1. The summed E-state index contributed by atoms with van der Waals surface area (Å²) in [6, 6.07) is 10.2. The smallest absolute Gasteiger partial charge is 0.325 e. The Labute approximate surface area is 95.6 Å². The molecule has 3 nitrogen and oxygen atoms in total. The van der Waals surface area contributed by atoms with Crippen molar-refractivity contribution in [3.05, 3.63) is 35.9 Å². The molecular weight excluding hydrogens is 202 g/mol. The molecule has 0 spiro atoms. The molecule has 16 heavy (non-hydrogen) atoms. The van der Waals surface area contributed by atoms with E-state index in [1.165, 1.54) is 12.7 Å². The van der Waals surface area contributed by atoms with Gasteiger partial charge in [-0.3, -0.25) is 4.79 Å². The number of esters is 1. The van der Waals surface area contributed by atoms with Crippen molar-refractivity contribution in [2.24, 2.45) is 5.73 Å². The first-order chi connectivity index (χ1) is 7.65. The van der Waals surface area contributed by atoms with Crippen LogP contribution >= 0.6 is 0 Å². The van der Waals surface area contributed by atoms with Crippen molar-refractivity contribution in [2.45, 2.75) is 30.7 Å². The number of carbonyl (C=O) groups is 1. The molecule has 3 heteroatoms. The highest BCUT2D eigenvalue weighted by Gasteiger charge is 2.43. The van der Waals surface area contributed by atoms with Gasteiger partial charge in [0.25, 0.3) is 0 Å². The lowest BCUT2D eigenvalue weighted by Gasteiger charge is -2.20. The van der Waals surface area contributed by atoms with Crippen LogP contribution < -0.4 is 5.73 Å². The van der Waals surface area contributed by atoms with Gasteiger partial charge in [-0.2, -0.15) is 0 Å². The Balaban J connectivity index is 2.12. The molecule has 0 saturated heterocycles. The fourth-order valence-electron chi connectivity index (χ4n) is 2.47. The molecule has 2 atom stereocenters. The summed E-state index contributed by atoms with van der Waals surface area (Å²) in [6.07, 6.45) is 2.35. The number of carbonyl (C=O) groups excluding carboxylic acids is 1. The van der Waals surface area contributed by atoms with Crippen LogP contribution in [0.15, 0.2) is 30.3 Å². The second kappa shape index (κ2) is 4.26. The van der Waals surface area contributed by atoms with Gasteiger partial charge in [-0.1, -0.05) is 30.3 Å². The van der Waals surface area contributed by atoms with E-state index < -0.39 is 5.54 Å². The number of rotatable bonds is 2. The molecule has 1 aromatic rings. The minimum Gasteiger partial charge on any atom is -0.468 e. The van der Waals surface area contributed by atoms with E-state index in [0.717, 1.165) is 6.42 Å². The maximum atomic E-state index is 11.6. The third kappa shape index (κ3) is 1.95. The predicted molar refractivity (Wildman–Crippen MR) is 62.0 cm³/mol. The maximum Gasteiger partial charge on any atom is 0.325 e. The number of hydrogen-bond acceptors (Lipinski definition) is 3. The van der Waals surface area contributed by atoms with E-state index >= 15 is 0 Å². The van der Waals surface area contributed by atoms with Gasteiger partial charge in [-0.15, -0.1) is 0 Å². The lowest BCUT2D eigenvalue weighted by Crippen LogP contribution is -2.46. The Kier molecular flexibility index (Phi) is 2.97. The van der Waals surface area contributed by atoms with Crippen LogP contribution in [0.2, 0.25) is 0 Å². The third-order valence-electron chi connectivity index (χ3n) is 3.41. The zero-order valence-electron chi connectivity index (χ0n) is 9.48. The van der Waals surface area contributed by atoms with Gasteiger partial charge in [-0.25, -0.2) is 0 Å². The Bertz CT molecular complexity index is 377. The number of ether oxygens (including phenoxy) is 1. The quantitative estimate of drug-likeness (QED) is 0.772. The van der Waals surface area contributed by atoms with E-state index in [1.807, 2.05) is 18.2 Å². The third-order valence-corrected chi connectivity index (χ3v) is 3.41. The van der Waals surface area contributed by atoms with Crippen LogP contribution in [0, 0.1) is 0 Å². The van der Waals surface area contributed by atoms with Crippen molar-refractivity contribution in [2.75, 3.05) is 7.11 Å². The van der Waals surface area contributed by atoms with Crippen LogP contribution in [-0.2, 0) is 9.53 Å². The molecule has 0 bridgehead atoms. The lowest BCUT2D eigenvalue weighted by atomic mass is 9.93. The predicted octanol–water partition coefficient (Wildman–Crippen LogP) is 1.82. The molecule has 86 valence electrons. The van der Waals surface area contributed by atoms with E-state index in [-0.39, 0.29) is 5.97 Å². The minimum absolute atomic E-state index is 0.286. The largest absolute Gasteiger partial charge is 0.468 e. The Morgan fingerprint density at radius 1 is 1.44 bits per heavy atom. The summed E-state index contributed by atoms with van der Waals surface area (Å²) >= 11 is 0. The van der Waals surface area contributed by atoms with Crippen LogP contribution in [0.4, 0.5) is 0 Å². The normalized spacial score (nSPS) is 29.0. The summed E-state index contributed by atoms with van der Waals surface area (Å²) in [5, 5.41) is 0. The fourth-order valence-corrected chi connectivity index (χ4v) is 2.47. The van der Waals surface area contributed by atoms with Crippen molar-refractivity contribution in [1.82, 2.24) is 0 Å². The molecule has 2 N–H and O–H groups in total. The zero-order valence-corrected chi connectivity index (χ0v) is 9.48. The molecule has 0 unspecified atom stereocenters. The second-order valence-electron chi connectivity index (χ2n) is 4.50. The summed E-state index contributed by atoms with van der Waals surface area (Å²) in [5.41, 5.74) is 6.55. The van der Waals surface area contributed by atoms with E-state index in [1.54, 1.807) is 0 Å². The van der Waals surface area contributed by atoms with Crippen LogP contribution in [0.1, 0.15) is 30.7 Å². The number of nitrogens with two attached hydrogens (primary N) is 1. The van der Waals surface area contributed by atoms with Gasteiger partial charge >= 0.3 is 5.97 Å². The number of methoxy groups -OCH3 is 1. The molecule has 1 aliphatic carbocycles. The SMILES string of the molecule is COC(=O)[C@@]1(N)CC[C@H](c2ccccc2)C1. The van der Waals surface area contributed by atoms with Crippen molar-refractivity contribution in [3.63, 3.8) is 0 Å². The molecule has 1 aromatic carbocycles. The average molecular weight is 219 g/mol. The molecule has 2 rings (SSSR count). The topological polar surface area (TPSA) is 52.3 Å². The van der Waals surface area contributed by atoms with Crippen molar-refractivity contribution >= 4 is 5.97 Å². The summed E-state index contributed by atoms with van der Waals surface area (Å²) in [7, 11) is 1.40.